The summed E-state index contributed by atoms with van der Waals surface area (Å²) in [5.74, 6) is 0. The van der Waals surface area contributed by atoms with Crippen LogP contribution < -0.4 is 5.32 Å². The van der Waals surface area contributed by atoms with Gasteiger partial charge in [-0.25, -0.2) is 0 Å². The van der Waals surface area contributed by atoms with E-state index in [0.717, 1.165) is 19.3 Å². The van der Waals surface area contributed by atoms with Gasteiger partial charge in [0.1, 0.15) is 0 Å². The quantitative estimate of drug-likeness (QED) is 0.772. The van der Waals surface area contributed by atoms with E-state index in [1.54, 1.807) is 0 Å². The fraction of sp³-hybridized carbons (Fsp3) is 0.333. The normalized spacial score (nSPS) is 12.2. The van der Waals surface area contributed by atoms with Crippen molar-refractivity contribution in [2.45, 2.75) is 25.3 Å². The van der Waals surface area contributed by atoms with E-state index in [1.807, 2.05) is 6.07 Å². The first-order valence-corrected chi connectivity index (χ1v) is 7.30. The molecule has 0 aliphatic rings. The van der Waals surface area contributed by atoms with Gasteiger partial charge < -0.3 is 10.4 Å². The molecule has 0 aliphatic carbocycles. The number of hydrogen-bond acceptors (Lipinski definition) is 2. The molecule has 0 amide bonds. The third-order valence-corrected chi connectivity index (χ3v) is 3.49. The van der Waals surface area contributed by atoms with Crippen LogP contribution in [0.5, 0.6) is 0 Å². The van der Waals surface area contributed by atoms with Gasteiger partial charge in [-0.3, -0.25) is 0 Å². The maximum absolute atomic E-state index is 9.00. The molecule has 2 heteroatoms. The Morgan fingerprint density at radius 3 is 2.05 bits per heavy atom. The van der Waals surface area contributed by atoms with Crippen molar-refractivity contribution >= 4 is 0 Å². The summed E-state index contributed by atoms with van der Waals surface area (Å²) in [6, 6.07) is 21.5. The van der Waals surface area contributed by atoms with E-state index in [1.165, 1.54) is 11.1 Å². The van der Waals surface area contributed by atoms with E-state index in [9.17, 15) is 0 Å². The molecular weight excluding hydrogens is 246 g/mol. The molecule has 0 bridgehead atoms. The van der Waals surface area contributed by atoms with Crippen molar-refractivity contribution in [1.29, 1.82) is 0 Å². The van der Waals surface area contributed by atoms with Gasteiger partial charge in [0, 0.05) is 12.6 Å². The summed E-state index contributed by atoms with van der Waals surface area (Å²) in [5, 5.41) is 12.4. The van der Waals surface area contributed by atoms with E-state index >= 15 is 0 Å². The molecule has 0 saturated carbocycles. The number of nitrogens with one attached hydrogen (secondary N) is 1. The molecular formula is C18H23NO. The smallest absolute Gasteiger partial charge is 0.0556 e. The molecule has 0 heterocycles. The minimum atomic E-state index is 0.191. The fourth-order valence-electron chi connectivity index (χ4n) is 2.43. The van der Waals surface area contributed by atoms with Gasteiger partial charge in [-0.15, -0.1) is 0 Å². The lowest BCUT2D eigenvalue weighted by Crippen LogP contribution is -2.33. The number of aryl methyl sites for hydroxylation is 1. The van der Waals surface area contributed by atoms with Crippen molar-refractivity contribution < 1.29 is 5.11 Å². The van der Waals surface area contributed by atoms with Crippen LogP contribution >= 0.6 is 0 Å². The molecule has 0 spiro atoms. The lowest BCUT2D eigenvalue weighted by Gasteiger charge is -2.18. The first-order valence-electron chi connectivity index (χ1n) is 7.30. The fourth-order valence-corrected chi connectivity index (χ4v) is 2.43. The molecule has 106 valence electrons. The lowest BCUT2D eigenvalue weighted by molar-refractivity contribution is 0.281. The molecule has 0 fully saturated rings. The summed E-state index contributed by atoms with van der Waals surface area (Å²) in [4.78, 5) is 0. The van der Waals surface area contributed by atoms with Crippen molar-refractivity contribution in [3.8, 4) is 0 Å². The van der Waals surface area contributed by atoms with Crippen LogP contribution in [0.1, 0.15) is 17.5 Å². The third kappa shape index (κ3) is 5.16. The molecule has 0 radical (unpaired) electrons. The summed E-state index contributed by atoms with van der Waals surface area (Å²) in [5.41, 5.74) is 2.72. The van der Waals surface area contributed by atoms with Crippen LogP contribution in [0.2, 0.25) is 0 Å². The lowest BCUT2D eigenvalue weighted by atomic mass is 9.99. The SMILES string of the molecule is OCCNC(CCc1ccccc1)Cc1ccccc1. The second kappa shape index (κ2) is 8.51. The minimum Gasteiger partial charge on any atom is -0.395 e. The van der Waals surface area contributed by atoms with Gasteiger partial charge in [0.2, 0.25) is 0 Å². The molecule has 1 unspecified atom stereocenters. The zero-order valence-corrected chi connectivity index (χ0v) is 11.8. The molecule has 0 aliphatic heterocycles. The average molecular weight is 269 g/mol. The predicted octanol–water partition coefficient (Wildman–Crippen LogP) is 2.81. The monoisotopic (exact) mass is 269 g/mol. The number of rotatable bonds is 8. The maximum Gasteiger partial charge on any atom is 0.0556 e. The van der Waals surface area contributed by atoms with Crippen LogP contribution in [0.25, 0.3) is 0 Å². The van der Waals surface area contributed by atoms with Gasteiger partial charge in [0.05, 0.1) is 6.61 Å². The van der Waals surface area contributed by atoms with E-state index in [4.69, 9.17) is 5.11 Å². The molecule has 20 heavy (non-hydrogen) atoms. The molecule has 2 rings (SSSR count). The van der Waals surface area contributed by atoms with Crippen molar-refractivity contribution in [3.63, 3.8) is 0 Å². The van der Waals surface area contributed by atoms with Crippen LogP contribution in [-0.2, 0) is 12.8 Å². The van der Waals surface area contributed by atoms with Gasteiger partial charge in [0.25, 0.3) is 0 Å². The highest BCUT2D eigenvalue weighted by Gasteiger charge is 2.09. The van der Waals surface area contributed by atoms with Crippen molar-refractivity contribution in [3.05, 3.63) is 71.8 Å². The van der Waals surface area contributed by atoms with Crippen molar-refractivity contribution in [2.75, 3.05) is 13.2 Å². The number of aliphatic hydroxyl groups excluding tert-OH is 1. The summed E-state index contributed by atoms with van der Waals surface area (Å²) in [6.07, 6.45) is 3.16. The Bertz CT molecular complexity index is 469. The number of aliphatic hydroxyl groups is 1. The van der Waals surface area contributed by atoms with E-state index in [0.29, 0.717) is 12.6 Å². The van der Waals surface area contributed by atoms with Crippen LogP contribution in [-0.4, -0.2) is 24.3 Å². The van der Waals surface area contributed by atoms with Crippen LogP contribution in [0.15, 0.2) is 60.7 Å². The summed E-state index contributed by atoms with van der Waals surface area (Å²) < 4.78 is 0. The van der Waals surface area contributed by atoms with E-state index in [2.05, 4.69) is 59.9 Å². The second-order valence-electron chi connectivity index (χ2n) is 5.09. The van der Waals surface area contributed by atoms with Crippen LogP contribution in [0, 0.1) is 0 Å². The van der Waals surface area contributed by atoms with Crippen molar-refractivity contribution in [2.24, 2.45) is 0 Å². The van der Waals surface area contributed by atoms with E-state index < -0.39 is 0 Å². The standard InChI is InChI=1S/C18H23NO/c20-14-13-19-18(15-17-9-5-2-6-10-17)12-11-16-7-3-1-4-8-16/h1-10,18-20H,11-15H2. The second-order valence-corrected chi connectivity index (χ2v) is 5.09. The topological polar surface area (TPSA) is 32.3 Å². The molecule has 2 N–H and O–H groups in total. The van der Waals surface area contributed by atoms with Crippen molar-refractivity contribution in [1.82, 2.24) is 5.32 Å². The number of hydrogen-bond donors (Lipinski definition) is 2. The van der Waals surface area contributed by atoms with Gasteiger partial charge in [-0.1, -0.05) is 60.7 Å². The Morgan fingerprint density at radius 1 is 0.850 bits per heavy atom. The summed E-state index contributed by atoms with van der Waals surface area (Å²) in [6.45, 7) is 0.850. The Morgan fingerprint density at radius 2 is 1.45 bits per heavy atom. The first-order chi connectivity index (χ1) is 9.88. The largest absolute Gasteiger partial charge is 0.395 e. The maximum atomic E-state index is 9.00. The summed E-state index contributed by atoms with van der Waals surface area (Å²) >= 11 is 0. The van der Waals surface area contributed by atoms with Gasteiger partial charge >= 0.3 is 0 Å². The molecule has 2 aromatic carbocycles. The Labute approximate surface area is 121 Å². The predicted molar refractivity (Wildman–Crippen MR) is 83.8 cm³/mol. The highest BCUT2D eigenvalue weighted by Crippen LogP contribution is 2.10. The highest BCUT2D eigenvalue weighted by molar-refractivity contribution is 5.17. The molecule has 1 atom stereocenters. The molecule has 0 saturated heterocycles. The first kappa shape index (κ1) is 14.8. The third-order valence-electron chi connectivity index (χ3n) is 3.49. The van der Waals surface area contributed by atoms with Gasteiger partial charge in [-0.05, 0) is 30.4 Å². The Hall–Kier alpha value is -1.64. The van der Waals surface area contributed by atoms with Gasteiger partial charge in [-0.2, -0.15) is 0 Å². The zero-order chi connectivity index (χ0) is 14.0. The molecule has 2 aromatic rings. The highest BCUT2D eigenvalue weighted by atomic mass is 16.3. The zero-order valence-electron chi connectivity index (χ0n) is 11.8. The molecule has 0 aromatic heterocycles. The van der Waals surface area contributed by atoms with Crippen LogP contribution in [0.4, 0.5) is 0 Å². The number of benzene rings is 2. The van der Waals surface area contributed by atoms with Gasteiger partial charge in [0.15, 0.2) is 0 Å². The average Bonchev–Trinajstić information content (AvgIpc) is 2.52. The minimum absolute atomic E-state index is 0.191. The molecule has 2 nitrogen and oxygen atoms in total. The Balaban J connectivity index is 1.89. The van der Waals surface area contributed by atoms with Crippen LogP contribution in [0.3, 0.4) is 0 Å². The Kier molecular flexibility index (Phi) is 6.28. The van der Waals surface area contributed by atoms with E-state index in [-0.39, 0.29) is 6.61 Å². The summed E-state index contributed by atoms with van der Waals surface area (Å²) in [7, 11) is 0.